The van der Waals surface area contributed by atoms with Gasteiger partial charge in [0.1, 0.15) is 0 Å². The molecule has 0 amide bonds. The van der Waals surface area contributed by atoms with Crippen molar-refractivity contribution >= 4 is 26.7 Å². The van der Waals surface area contributed by atoms with Crippen LogP contribution in [0.25, 0.3) is 0 Å². The van der Waals surface area contributed by atoms with Crippen molar-refractivity contribution in [1.82, 2.24) is 5.32 Å². The van der Waals surface area contributed by atoms with Crippen molar-refractivity contribution < 1.29 is 4.21 Å². The van der Waals surface area contributed by atoms with Crippen LogP contribution in [0.15, 0.2) is 33.6 Å². The summed E-state index contributed by atoms with van der Waals surface area (Å²) in [6, 6.07) is 8.40. The van der Waals surface area contributed by atoms with E-state index >= 15 is 0 Å². The molecule has 4 heteroatoms. The Balaban J connectivity index is 1.86. The summed E-state index contributed by atoms with van der Waals surface area (Å²) in [5.41, 5.74) is 0. The van der Waals surface area contributed by atoms with E-state index in [2.05, 4.69) is 21.2 Å². The van der Waals surface area contributed by atoms with Crippen molar-refractivity contribution in [3.05, 3.63) is 28.7 Å². The molecule has 1 aliphatic rings. The highest BCUT2D eigenvalue weighted by atomic mass is 79.9. The summed E-state index contributed by atoms with van der Waals surface area (Å²) in [6.45, 7) is 0.846. The molecule has 0 radical (unpaired) electrons. The number of halogens is 1. The third kappa shape index (κ3) is 3.40. The molecule has 1 fully saturated rings. The Morgan fingerprint density at radius 1 is 1.40 bits per heavy atom. The lowest BCUT2D eigenvalue weighted by Gasteiger charge is -2.05. The third-order valence-corrected chi connectivity index (χ3v) is 4.76. The second-order valence-corrected chi connectivity index (χ2v) is 6.10. The van der Waals surface area contributed by atoms with Crippen LogP contribution >= 0.6 is 15.9 Å². The maximum absolute atomic E-state index is 11.9. The molecule has 1 aromatic carbocycles. The van der Waals surface area contributed by atoms with Gasteiger partial charge in [0.05, 0.1) is 15.7 Å². The Kier molecular flexibility index (Phi) is 3.94. The molecule has 1 unspecified atom stereocenters. The molecule has 1 aromatic rings. The van der Waals surface area contributed by atoms with E-state index < -0.39 is 10.8 Å². The first-order valence-electron chi connectivity index (χ1n) is 5.13. The van der Waals surface area contributed by atoms with E-state index in [0.717, 1.165) is 15.9 Å². The van der Waals surface area contributed by atoms with Gasteiger partial charge in [0, 0.05) is 22.8 Å². The van der Waals surface area contributed by atoms with Gasteiger partial charge in [0.25, 0.3) is 0 Å². The molecule has 0 bridgehead atoms. The fourth-order valence-electron chi connectivity index (χ4n) is 1.38. The van der Waals surface area contributed by atoms with Crippen LogP contribution < -0.4 is 5.32 Å². The molecule has 82 valence electrons. The Morgan fingerprint density at radius 2 is 2.13 bits per heavy atom. The van der Waals surface area contributed by atoms with E-state index in [1.807, 2.05) is 24.3 Å². The van der Waals surface area contributed by atoms with E-state index in [-0.39, 0.29) is 0 Å². The first kappa shape index (κ1) is 11.3. The Morgan fingerprint density at radius 3 is 2.80 bits per heavy atom. The van der Waals surface area contributed by atoms with E-state index in [4.69, 9.17) is 0 Å². The molecule has 2 rings (SSSR count). The molecule has 0 aliphatic heterocycles. The van der Waals surface area contributed by atoms with Gasteiger partial charge in [-0.1, -0.05) is 12.1 Å². The van der Waals surface area contributed by atoms with Crippen molar-refractivity contribution in [2.24, 2.45) is 0 Å². The number of benzene rings is 1. The molecule has 2 nitrogen and oxygen atoms in total. The lowest BCUT2D eigenvalue weighted by molar-refractivity contribution is 0.672. The second-order valence-electron chi connectivity index (χ2n) is 3.71. The number of rotatable bonds is 5. The van der Waals surface area contributed by atoms with Gasteiger partial charge in [-0.25, -0.2) is 0 Å². The van der Waals surface area contributed by atoms with Gasteiger partial charge >= 0.3 is 0 Å². The molecule has 1 N–H and O–H groups in total. The third-order valence-electron chi connectivity index (χ3n) is 2.38. The van der Waals surface area contributed by atoms with Crippen LogP contribution in [0.2, 0.25) is 0 Å². The van der Waals surface area contributed by atoms with Crippen molar-refractivity contribution in [3.63, 3.8) is 0 Å². The van der Waals surface area contributed by atoms with Gasteiger partial charge in [-0.15, -0.1) is 0 Å². The van der Waals surface area contributed by atoms with Gasteiger partial charge < -0.3 is 5.32 Å². The minimum Gasteiger partial charge on any atom is -0.313 e. The zero-order valence-corrected chi connectivity index (χ0v) is 10.8. The quantitative estimate of drug-likeness (QED) is 0.901. The largest absolute Gasteiger partial charge is 0.313 e. The molecule has 1 saturated carbocycles. The van der Waals surface area contributed by atoms with Crippen molar-refractivity contribution in [1.29, 1.82) is 0 Å². The second kappa shape index (κ2) is 5.23. The SMILES string of the molecule is O=S(CCNC1CC1)c1ccccc1Br. The summed E-state index contributed by atoms with van der Waals surface area (Å²) >= 11 is 3.42. The molecular weight excluding hydrogens is 274 g/mol. The minimum absolute atomic E-state index is 0.694. The lowest BCUT2D eigenvalue weighted by Crippen LogP contribution is -2.22. The molecular formula is C11H14BrNOS. The standard InChI is InChI=1S/C11H14BrNOS/c12-10-3-1-2-4-11(10)15(14)8-7-13-9-5-6-9/h1-4,9,13H,5-8H2. The average molecular weight is 288 g/mol. The van der Waals surface area contributed by atoms with E-state index in [9.17, 15) is 4.21 Å². The van der Waals surface area contributed by atoms with Crippen molar-refractivity contribution in [2.75, 3.05) is 12.3 Å². The summed E-state index contributed by atoms with van der Waals surface area (Å²) in [6.07, 6.45) is 2.56. The zero-order chi connectivity index (χ0) is 10.7. The predicted molar refractivity (Wildman–Crippen MR) is 66.4 cm³/mol. The molecule has 0 spiro atoms. The van der Waals surface area contributed by atoms with Crippen LogP contribution in [0.4, 0.5) is 0 Å². The van der Waals surface area contributed by atoms with Gasteiger partial charge in [-0.2, -0.15) is 0 Å². The molecule has 0 heterocycles. The van der Waals surface area contributed by atoms with Crippen LogP contribution in [-0.2, 0) is 10.8 Å². The monoisotopic (exact) mass is 287 g/mol. The Bertz CT molecular complexity index is 365. The fourth-order valence-corrected chi connectivity index (χ4v) is 3.25. The van der Waals surface area contributed by atoms with Crippen molar-refractivity contribution in [3.8, 4) is 0 Å². The van der Waals surface area contributed by atoms with E-state index in [0.29, 0.717) is 11.8 Å². The van der Waals surface area contributed by atoms with Crippen LogP contribution in [0.3, 0.4) is 0 Å². The summed E-state index contributed by atoms with van der Waals surface area (Å²) in [5, 5.41) is 3.37. The van der Waals surface area contributed by atoms with Crippen LogP contribution in [0, 0.1) is 0 Å². The Labute approximate surface area is 101 Å². The molecule has 1 atom stereocenters. The minimum atomic E-state index is -0.893. The van der Waals surface area contributed by atoms with Crippen LogP contribution in [0.1, 0.15) is 12.8 Å². The van der Waals surface area contributed by atoms with E-state index in [1.165, 1.54) is 12.8 Å². The predicted octanol–water partition coefficient (Wildman–Crippen LogP) is 2.31. The van der Waals surface area contributed by atoms with Gasteiger partial charge in [-0.05, 0) is 40.9 Å². The summed E-state index contributed by atoms with van der Waals surface area (Å²) in [5.74, 6) is 0.694. The lowest BCUT2D eigenvalue weighted by atomic mass is 10.4. The first-order chi connectivity index (χ1) is 7.27. The molecule has 15 heavy (non-hydrogen) atoms. The summed E-state index contributed by atoms with van der Waals surface area (Å²) in [4.78, 5) is 0.898. The highest BCUT2D eigenvalue weighted by Gasteiger charge is 2.20. The summed E-state index contributed by atoms with van der Waals surface area (Å²) in [7, 11) is -0.893. The number of hydrogen-bond donors (Lipinski definition) is 1. The number of hydrogen-bond acceptors (Lipinski definition) is 2. The maximum Gasteiger partial charge on any atom is 0.0553 e. The normalized spacial score (nSPS) is 17.7. The van der Waals surface area contributed by atoms with Gasteiger partial charge in [0.2, 0.25) is 0 Å². The Hall–Kier alpha value is -0.190. The van der Waals surface area contributed by atoms with E-state index in [1.54, 1.807) is 0 Å². The molecule has 0 aromatic heterocycles. The highest BCUT2D eigenvalue weighted by Crippen LogP contribution is 2.20. The van der Waals surface area contributed by atoms with Gasteiger partial charge in [-0.3, -0.25) is 4.21 Å². The summed E-state index contributed by atoms with van der Waals surface area (Å²) < 4.78 is 12.8. The smallest absolute Gasteiger partial charge is 0.0553 e. The zero-order valence-electron chi connectivity index (χ0n) is 8.41. The molecule has 0 saturated heterocycles. The first-order valence-corrected chi connectivity index (χ1v) is 7.25. The van der Waals surface area contributed by atoms with Crippen LogP contribution in [0.5, 0.6) is 0 Å². The molecule has 1 aliphatic carbocycles. The average Bonchev–Trinajstić information content (AvgIpc) is 3.02. The van der Waals surface area contributed by atoms with Gasteiger partial charge in [0.15, 0.2) is 0 Å². The fraction of sp³-hybridized carbons (Fsp3) is 0.455. The van der Waals surface area contributed by atoms with Crippen LogP contribution in [-0.4, -0.2) is 22.5 Å². The highest BCUT2D eigenvalue weighted by molar-refractivity contribution is 9.10. The topological polar surface area (TPSA) is 29.1 Å². The number of nitrogens with one attached hydrogen (secondary N) is 1. The van der Waals surface area contributed by atoms with Crippen molar-refractivity contribution in [2.45, 2.75) is 23.8 Å². The maximum atomic E-state index is 11.9.